The molecule has 0 unspecified atom stereocenters. The van der Waals surface area contributed by atoms with E-state index >= 15 is 0 Å². The first kappa shape index (κ1) is 45.5. The van der Waals surface area contributed by atoms with Crippen molar-refractivity contribution in [1.29, 1.82) is 0 Å². The topological polar surface area (TPSA) is 173 Å². The quantitative estimate of drug-likeness (QED) is 0.0851. The van der Waals surface area contributed by atoms with E-state index in [1.165, 1.54) is 43.8 Å². The van der Waals surface area contributed by atoms with E-state index in [-0.39, 0.29) is 35.6 Å². The van der Waals surface area contributed by atoms with Gasteiger partial charge in [-0.15, -0.1) is 0 Å². The van der Waals surface area contributed by atoms with Crippen LogP contribution in [0, 0.1) is 0 Å². The molecule has 0 aliphatic rings. The van der Waals surface area contributed by atoms with Crippen molar-refractivity contribution in [3.05, 3.63) is 126 Å². The molecule has 0 radical (unpaired) electrons. The molecule has 3 aromatic carbocycles. The van der Waals surface area contributed by atoms with Gasteiger partial charge in [0.25, 0.3) is 0 Å². The molecule has 0 fully saturated rings. The van der Waals surface area contributed by atoms with Gasteiger partial charge in [0.15, 0.2) is 0 Å². The van der Waals surface area contributed by atoms with Crippen molar-refractivity contribution in [3.63, 3.8) is 0 Å². The number of hydrogen-bond donors (Lipinski definition) is 6. The summed E-state index contributed by atoms with van der Waals surface area (Å²) < 4.78 is 31.4. The van der Waals surface area contributed by atoms with Crippen LogP contribution in [0.3, 0.4) is 0 Å². The molecule has 14 heteroatoms. The zero-order valence-corrected chi connectivity index (χ0v) is 30.0. The zero-order chi connectivity index (χ0) is 33.3. The molecule has 0 saturated carbocycles. The summed E-state index contributed by atoms with van der Waals surface area (Å²) in [7, 11) is -11.7. The van der Waals surface area contributed by atoms with Crippen LogP contribution in [0.4, 0.5) is 0 Å². The molecule has 3 rings (SSSR count). The van der Waals surface area contributed by atoms with Crippen molar-refractivity contribution in [3.8, 4) is 0 Å². The molecule has 0 atom stereocenters. The molecule has 45 heavy (non-hydrogen) atoms. The van der Waals surface area contributed by atoms with Crippen LogP contribution in [0.1, 0.15) is 30.5 Å². The van der Waals surface area contributed by atoms with E-state index < -0.39 is 22.8 Å². The zero-order valence-electron chi connectivity index (χ0n) is 25.1. The Hall–Kier alpha value is -1.63. The summed E-state index contributed by atoms with van der Waals surface area (Å²) in [4.78, 5) is 51.3. The predicted octanol–water partition coefficient (Wildman–Crippen LogP) is 7.58. The minimum atomic E-state index is -3.89. The minimum absolute atomic E-state index is 0. The fourth-order valence-electron chi connectivity index (χ4n) is 2.85. The van der Waals surface area contributed by atoms with Gasteiger partial charge >= 0.3 is 62.2 Å². The molecular formula is C31H43Fe2O9P3. The van der Waals surface area contributed by atoms with E-state index in [2.05, 4.69) is 13.8 Å². The van der Waals surface area contributed by atoms with Gasteiger partial charge < -0.3 is 29.4 Å². The molecule has 0 bridgehead atoms. The molecule has 0 amide bonds. The van der Waals surface area contributed by atoms with Crippen LogP contribution in [0.15, 0.2) is 109 Å². The van der Waals surface area contributed by atoms with Crippen molar-refractivity contribution in [1.82, 2.24) is 0 Å². The predicted molar refractivity (Wildman–Crippen MR) is 178 cm³/mol. The summed E-state index contributed by atoms with van der Waals surface area (Å²) in [5, 5.41) is 2.69. The van der Waals surface area contributed by atoms with Crippen LogP contribution in [0.2, 0.25) is 10.6 Å². The van der Waals surface area contributed by atoms with Gasteiger partial charge in [0.05, 0.1) is 18.5 Å². The molecule has 9 nitrogen and oxygen atoms in total. The summed E-state index contributed by atoms with van der Waals surface area (Å²) >= 11 is 1.39. The summed E-state index contributed by atoms with van der Waals surface area (Å²) in [5.74, 6) is 0. The van der Waals surface area contributed by atoms with Crippen LogP contribution >= 0.6 is 22.8 Å². The van der Waals surface area contributed by atoms with Gasteiger partial charge in [-0.2, -0.15) is 0 Å². The van der Waals surface area contributed by atoms with Gasteiger partial charge in [0.1, 0.15) is 0 Å². The van der Waals surface area contributed by atoms with Crippen molar-refractivity contribution in [2.24, 2.45) is 0 Å². The summed E-state index contributed by atoms with van der Waals surface area (Å²) in [6.45, 7) is 4.42. The fourth-order valence-corrected chi connectivity index (χ4v) is 4.54. The van der Waals surface area contributed by atoms with Crippen LogP contribution in [-0.2, 0) is 45.7 Å². The third-order valence-electron chi connectivity index (χ3n) is 4.71. The Morgan fingerprint density at radius 2 is 0.711 bits per heavy atom. The van der Waals surface area contributed by atoms with Gasteiger partial charge in [-0.3, -0.25) is 13.7 Å². The van der Waals surface area contributed by atoms with Crippen LogP contribution in [0.25, 0.3) is 18.2 Å². The van der Waals surface area contributed by atoms with E-state index in [1.807, 2.05) is 91.0 Å². The molecular weight excluding hydrogens is 721 g/mol. The summed E-state index contributed by atoms with van der Waals surface area (Å²) in [5.41, 5.74) is 2.82. The van der Waals surface area contributed by atoms with Crippen molar-refractivity contribution in [2.45, 2.75) is 24.5 Å². The maximum atomic E-state index is 10.5. The molecule has 0 aromatic heterocycles. The standard InChI is InChI=1S/3C9H11O3P.2C2H5.2Fe/c3*10-13(11,12)8-4-7-9-5-2-1-3-6-9;2*1-2;;/h3*1-7H,8H2,(H2,10,11,12);2*1H2,2H3;;. The Bertz CT molecular complexity index is 1200. The molecule has 252 valence electrons. The summed E-state index contributed by atoms with van der Waals surface area (Å²) in [6.07, 6.45) is 8.91. The molecule has 6 N–H and O–H groups in total. The van der Waals surface area contributed by atoms with Crippen LogP contribution in [0.5, 0.6) is 0 Å². The maximum absolute atomic E-state index is 10.5. The SMILES string of the molecule is C[CH2][Fe][CH2]C.O=P(O)(O)CC=Cc1ccccc1.O=P(O)(O)CC=Cc1ccccc1.O=P(O)(O)CC=Cc1ccccc1.[Fe]. The first-order chi connectivity index (χ1) is 20.6. The number of hydrogen-bond acceptors (Lipinski definition) is 3. The Labute approximate surface area is 283 Å². The number of allylic oxidation sites excluding steroid dienone is 3. The van der Waals surface area contributed by atoms with Gasteiger partial charge in [-0.25, -0.2) is 0 Å². The Morgan fingerprint density at radius 3 is 0.867 bits per heavy atom. The van der Waals surface area contributed by atoms with Gasteiger partial charge in [0, 0.05) is 17.1 Å². The number of benzene rings is 3. The van der Waals surface area contributed by atoms with Crippen molar-refractivity contribution in [2.75, 3.05) is 18.5 Å². The monoisotopic (exact) mass is 764 g/mol. The molecule has 0 aliphatic carbocycles. The first-order valence-electron chi connectivity index (χ1n) is 13.4. The van der Waals surface area contributed by atoms with E-state index in [0.29, 0.717) is 0 Å². The van der Waals surface area contributed by atoms with Crippen molar-refractivity contribution < 1.29 is 75.1 Å². The van der Waals surface area contributed by atoms with Gasteiger partial charge in [0.2, 0.25) is 0 Å². The van der Waals surface area contributed by atoms with Crippen LogP contribution in [-0.4, -0.2) is 47.8 Å². The second-order valence-corrected chi connectivity index (χ2v) is 15.9. The molecule has 0 spiro atoms. The third-order valence-corrected chi connectivity index (χ3v) is 7.88. The second-order valence-electron chi connectivity index (χ2n) is 8.66. The van der Waals surface area contributed by atoms with E-state index in [9.17, 15) is 13.7 Å². The Morgan fingerprint density at radius 1 is 0.489 bits per heavy atom. The summed E-state index contributed by atoms with van der Waals surface area (Å²) in [6, 6.07) is 28.1. The largest absolute Gasteiger partial charge is 0.329 e. The third kappa shape index (κ3) is 33.5. The van der Waals surface area contributed by atoms with Gasteiger partial charge in [-0.05, 0) is 16.7 Å². The molecule has 0 heterocycles. The first-order valence-corrected chi connectivity index (χ1v) is 20.4. The Balaban J connectivity index is 0. The van der Waals surface area contributed by atoms with Gasteiger partial charge in [-0.1, -0.05) is 127 Å². The molecule has 0 saturated heterocycles. The van der Waals surface area contributed by atoms with E-state index in [4.69, 9.17) is 29.4 Å². The average Bonchev–Trinajstić information content (AvgIpc) is 2.94. The second kappa shape index (κ2) is 26.4. The normalized spacial score (nSPS) is 11.6. The fraction of sp³-hybridized carbons (Fsp3) is 0.226. The van der Waals surface area contributed by atoms with E-state index in [0.717, 1.165) is 16.7 Å². The van der Waals surface area contributed by atoms with Crippen LogP contribution < -0.4 is 0 Å². The van der Waals surface area contributed by atoms with Crippen molar-refractivity contribution >= 4 is 41.0 Å². The van der Waals surface area contributed by atoms with E-state index in [1.54, 1.807) is 18.2 Å². The smallest absolute Gasteiger partial charge is 0.324 e. The Kier molecular flexibility index (Phi) is 26.7. The average molecular weight is 764 g/mol. The maximum Gasteiger partial charge on any atom is 0.329 e. The number of rotatable bonds is 11. The molecule has 3 aromatic rings. The minimum Gasteiger partial charge on any atom is -0.324 e. The molecule has 0 aliphatic heterocycles.